The summed E-state index contributed by atoms with van der Waals surface area (Å²) in [5.41, 5.74) is 3.79. The first-order valence-electron chi connectivity index (χ1n) is 11.9. The van der Waals surface area contributed by atoms with Crippen LogP contribution in [0.5, 0.6) is 11.5 Å². The first kappa shape index (κ1) is 25.7. The number of rotatable bonds is 9. The van der Waals surface area contributed by atoms with Crippen molar-refractivity contribution in [2.45, 2.75) is 19.4 Å². The van der Waals surface area contributed by atoms with Gasteiger partial charge in [-0.3, -0.25) is 9.59 Å². The third-order valence-electron chi connectivity index (χ3n) is 6.46. The topological polar surface area (TPSA) is 68.3 Å². The van der Waals surface area contributed by atoms with E-state index < -0.39 is 0 Å². The lowest BCUT2D eigenvalue weighted by Crippen LogP contribution is -2.47. The van der Waals surface area contributed by atoms with E-state index in [0.29, 0.717) is 30.2 Å². The molecular formula is C28H32N2O5S. The Bertz CT molecular complexity index is 1180. The zero-order chi connectivity index (χ0) is 25.7. The van der Waals surface area contributed by atoms with Crippen molar-refractivity contribution in [1.29, 1.82) is 0 Å². The Balaban J connectivity index is 1.62. The summed E-state index contributed by atoms with van der Waals surface area (Å²) in [4.78, 5) is 32.1. The van der Waals surface area contributed by atoms with E-state index in [9.17, 15) is 9.59 Å². The van der Waals surface area contributed by atoms with Gasteiger partial charge >= 0.3 is 0 Å². The van der Waals surface area contributed by atoms with Gasteiger partial charge in [0.15, 0.2) is 0 Å². The second-order valence-electron chi connectivity index (χ2n) is 8.77. The van der Waals surface area contributed by atoms with Gasteiger partial charge in [-0.25, -0.2) is 0 Å². The van der Waals surface area contributed by atoms with Crippen LogP contribution in [-0.2, 0) is 16.0 Å². The number of benzene rings is 2. The van der Waals surface area contributed by atoms with Crippen molar-refractivity contribution in [3.05, 3.63) is 81.0 Å². The molecular weight excluding hydrogens is 476 g/mol. The van der Waals surface area contributed by atoms with Gasteiger partial charge in [0.2, 0.25) is 5.91 Å². The van der Waals surface area contributed by atoms with Crippen molar-refractivity contribution in [2.24, 2.45) is 0 Å². The number of methoxy groups -OCH3 is 3. The molecule has 2 heterocycles. The number of ether oxygens (including phenoxy) is 3. The molecule has 1 aliphatic rings. The fourth-order valence-electron chi connectivity index (χ4n) is 4.51. The van der Waals surface area contributed by atoms with Crippen molar-refractivity contribution < 1.29 is 23.8 Å². The van der Waals surface area contributed by atoms with E-state index in [-0.39, 0.29) is 30.9 Å². The average Bonchev–Trinajstić information content (AvgIpc) is 3.39. The van der Waals surface area contributed by atoms with Crippen LogP contribution in [0.15, 0.2) is 53.9 Å². The van der Waals surface area contributed by atoms with Gasteiger partial charge < -0.3 is 24.0 Å². The van der Waals surface area contributed by atoms with Crippen LogP contribution in [0.25, 0.3) is 0 Å². The normalized spacial score (nSPS) is 14.8. The molecule has 1 aromatic heterocycles. The van der Waals surface area contributed by atoms with E-state index in [0.717, 1.165) is 17.5 Å². The van der Waals surface area contributed by atoms with Crippen LogP contribution < -0.4 is 9.47 Å². The molecule has 0 saturated carbocycles. The molecule has 4 rings (SSSR count). The largest absolute Gasteiger partial charge is 0.497 e. The maximum atomic E-state index is 13.8. The van der Waals surface area contributed by atoms with Gasteiger partial charge in [-0.05, 0) is 48.1 Å². The average molecular weight is 509 g/mol. The third-order valence-corrected chi connectivity index (χ3v) is 7.45. The molecule has 0 N–H and O–H groups in total. The van der Waals surface area contributed by atoms with E-state index in [4.69, 9.17) is 14.2 Å². The summed E-state index contributed by atoms with van der Waals surface area (Å²) in [6.07, 6.45) is 0.806. The van der Waals surface area contributed by atoms with Gasteiger partial charge in [0.1, 0.15) is 18.0 Å². The van der Waals surface area contributed by atoms with E-state index in [2.05, 4.69) is 42.6 Å². The standard InChI is InChI=1S/C28H32N2O5S/c1-19-5-7-20(8-6-19)27-24-10-14-36-25(24)9-11-30(27)26(31)18-29(12-13-33-2)28(32)21-15-22(34-3)17-23(16-21)35-4/h5-8,10,14-17,27H,9,11-13,18H2,1-4H3. The van der Waals surface area contributed by atoms with Gasteiger partial charge in [-0.15, -0.1) is 11.3 Å². The molecule has 2 aromatic carbocycles. The van der Waals surface area contributed by atoms with Gasteiger partial charge in [0.05, 0.1) is 26.9 Å². The summed E-state index contributed by atoms with van der Waals surface area (Å²) in [6.45, 7) is 3.20. The molecule has 0 aliphatic carbocycles. The number of nitrogens with zero attached hydrogens (tertiary/aromatic N) is 2. The van der Waals surface area contributed by atoms with Crippen LogP contribution in [0.2, 0.25) is 0 Å². The highest BCUT2D eigenvalue weighted by atomic mass is 32.1. The van der Waals surface area contributed by atoms with Gasteiger partial charge in [-0.2, -0.15) is 0 Å². The highest BCUT2D eigenvalue weighted by Gasteiger charge is 2.34. The molecule has 8 heteroatoms. The summed E-state index contributed by atoms with van der Waals surface area (Å²) in [7, 11) is 4.65. The number of carbonyl (C=O) groups is 2. The minimum atomic E-state index is -0.280. The summed E-state index contributed by atoms with van der Waals surface area (Å²) < 4.78 is 15.9. The Hall–Kier alpha value is -3.36. The molecule has 0 bridgehead atoms. The SMILES string of the molecule is COCCN(CC(=O)N1CCc2sccc2C1c1ccc(C)cc1)C(=O)c1cc(OC)cc(OC)c1. The first-order chi connectivity index (χ1) is 17.4. The molecule has 36 heavy (non-hydrogen) atoms. The molecule has 0 radical (unpaired) electrons. The number of carbonyl (C=O) groups excluding carboxylic acids is 2. The van der Waals surface area contributed by atoms with Crippen LogP contribution in [0.4, 0.5) is 0 Å². The van der Waals surface area contributed by atoms with Crippen molar-refractivity contribution in [2.75, 3.05) is 47.6 Å². The van der Waals surface area contributed by atoms with Crippen LogP contribution in [0.1, 0.15) is 38.0 Å². The van der Waals surface area contributed by atoms with Crippen molar-refractivity contribution >= 4 is 23.2 Å². The Morgan fingerprint density at radius 1 is 1.03 bits per heavy atom. The lowest BCUT2D eigenvalue weighted by atomic mass is 9.92. The van der Waals surface area contributed by atoms with Crippen molar-refractivity contribution in [3.8, 4) is 11.5 Å². The molecule has 1 atom stereocenters. The fraction of sp³-hybridized carbons (Fsp3) is 0.357. The maximum Gasteiger partial charge on any atom is 0.254 e. The molecule has 0 saturated heterocycles. The number of fused-ring (bicyclic) bond motifs is 1. The third kappa shape index (κ3) is 5.55. The van der Waals surface area contributed by atoms with Crippen LogP contribution >= 0.6 is 11.3 Å². The predicted molar refractivity (Wildman–Crippen MR) is 140 cm³/mol. The second-order valence-corrected chi connectivity index (χ2v) is 9.77. The Morgan fingerprint density at radius 2 is 1.72 bits per heavy atom. The summed E-state index contributed by atoms with van der Waals surface area (Å²) in [5.74, 6) is 0.641. The second kappa shape index (κ2) is 11.6. The predicted octanol–water partition coefficient (Wildman–Crippen LogP) is 4.34. The van der Waals surface area contributed by atoms with E-state index in [1.165, 1.54) is 29.6 Å². The molecule has 190 valence electrons. The van der Waals surface area contributed by atoms with Gasteiger partial charge in [0, 0.05) is 36.7 Å². The molecule has 0 fully saturated rings. The fourth-order valence-corrected chi connectivity index (χ4v) is 5.42. The van der Waals surface area contributed by atoms with Crippen LogP contribution in [0.3, 0.4) is 0 Å². The van der Waals surface area contributed by atoms with E-state index in [1.807, 2.05) is 4.90 Å². The summed E-state index contributed by atoms with van der Waals surface area (Å²) in [6, 6.07) is 15.3. The highest BCUT2D eigenvalue weighted by molar-refractivity contribution is 7.10. The minimum Gasteiger partial charge on any atom is -0.497 e. The minimum absolute atomic E-state index is 0.0520. The molecule has 3 aromatic rings. The van der Waals surface area contributed by atoms with E-state index >= 15 is 0 Å². The molecule has 1 unspecified atom stereocenters. The van der Waals surface area contributed by atoms with Gasteiger partial charge in [-0.1, -0.05) is 29.8 Å². The Labute approximate surface area is 216 Å². The van der Waals surface area contributed by atoms with Crippen LogP contribution in [-0.4, -0.2) is 69.2 Å². The van der Waals surface area contributed by atoms with Gasteiger partial charge in [0.25, 0.3) is 5.91 Å². The number of hydrogen-bond donors (Lipinski definition) is 0. The van der Waals surface area contributed by atoms with Crippen molar-refractivity contribution in [3.63, 3.8) is 0 Å². The molecule has 7 nitrogen and oxygen atoms in total. The molecule has 0 spiro atoms. The lowest BCUT2D eigenvalue weighted by Gasteiger charge is -2.37. The number of hydrogen-bond acceptors (Lipinski definition) is 6. The molecule has 1 aliphatic heterocycles. The quantitative estimate of drug-likeness (QED) is 0.430. The van der Waals surface area contributed by atoms with Crippen molar-refractivity contribution in [1.82, 2.24) is 9.80 Å². The zero-order valence-electron chi connectivity index (χ0n) is 21.2. The number of thiophene rings is 1. The number of aryl methyl sites for hydroxylation is 1. The summed E-state index contributed by atoms with van der Waals surface area (Å²) in [5, 5.41) is 2.09. The van der Waals surface area contributed by atoms with Crippen LogP contribution in [0, 0.1) is 6.92 Å². The highest BCUT2D eigenvalue weighted by Crippen LogP contribution is 2.38. The van der Waals surface area contributed by atoms with E-state index in [1.54, 1.807) is 36.6 Å². The number of amides is 2. The smallest absolute Gasteiger partial charge is 0.254 e. The monoisotopic (exact) mass is 508 g/mol. The summed E-state index contributed by atoms with van der Waals surface area (Å²) >= 11 is 1.73. The first-order valence-corrected chi connectivity index (χ1v) is 12.8. The maximum absolute atomic E-state index is 13.8. The Morgan fingerprint density at radius 3 is 2.36 bits per heavy atom. The lowest BCUT2D eigenvalue weighted by molar-refractivity contribution is -0.134. The zero-order valence-corrected chi connectivity index (χ0v) is 22.0. The molecule has 2 amide bonds. The Kier molecular flexibility index (Phi) is 8.28.